The van der Waals surface area contributed by atoms with Gasteiger partial charge in [-0.3, -0.25) is 4.79 Å². The van der Waals surface area contributed by atoms with Crippen molar-refractivity contribution in [3.63, 3.8) is 0 Å². The summed E-state index contributed by atoms with van der Waals surface area (Å²) in [7, 11) is 2.17. The fourth-order valence-corrected chi connectivity index (χ4v) is 2.25. The molecule has 0 unspecified atom stereocenters. The molecule has 0 aliphatic carbocycles. The zero-order chi connectivity index (χ0) is 14.2. The maximum Gasteiger partial charge on any atom is 0.254 e. The van der Waals surface area contributed by atoms with Gasteiger partial charge in [0.25, 0.3) is 5.91 Å². The first-order chi connectivity index (χ1) is 9.75. The van der Waals surface area contributed by atoms with E-state index in [1.54, 1.807) is 0 Å². The number of amides is 1. The second-order valence-electron chi connectivity index (χ2n) is 5.24. The number of nitrogens with zero attached hydrogens (tertiary/aromatic N) is 4. The number of carbonyl (C=O) groups is 1. The van der Waals surface area contributed by atoms with Gasteiger partial charge in [0.05, 0.1) is 5.56 Å². The van der Waals surface area contributed by atoms with Gasteiger partial charge in [-0.05, 0) is 26.4 Å². The average molecular weight is 277 g/mol. The number of likely N-dealkylation sites (N-methyl/N-ethyl adjacent to an activating group) is 1. The predicted octanol–water partition coefficient (Wildman–Crippen LogP) is 0.234. The molecular weight excluding hydrogens is 254 g/mol. The van der Waals surface area contributed by atoms with E-state index in [1.165, 1.54) is 18.7 Å². The van der Waals surface area contributed by atoms with Crippen LogP contribution in [-0.4, -0.2) is 72.0 Å². The molecule has 1 amide bonds. The molecule has 0 aromatic carbocycles. The minimum absolute atomic E-state index is 0.0924. The zero-order valence-corrected chi connectivity index (χ0v) is 12.1. The third-order valence-corrected chi connectivity index (χ3v) is 3.61. The van der Waals surface area contributed by atoms with Gasteiger partial charge in [0.1, 0.15) is 6.33 Å². The van der Waals surface area contributed by atoms with E-state index < -0.39 is 0 Å². The molecule has 0 atom stereocenters. The molecule has 1 aromatic heterocycles. The Morgan fingerprint density at radius 1 is 1.20 bits per heavy atom. The SMILES string of the molecule is CN1CCN(CCCCNC(=O)c2cncnc2)CC1. The summed E-state index contributed by atoms with van der Waals surface area (Å²) in [6, 6.07) is 0. The number of hydrogen-bond donors (Lipinski definition) is 1. The summed E-state index contributed by atoms with van der Waals surface area (Å²) in [4.78, 5) is 24.3. The van der Waals surface area contributed by atoms with Crippen LogP contribution in [0.4, 0.5) is 0 Å². The van der Waals surface area contributed by atoms with E-state index in [0.717, 1.165) is 45.6 Å². The van der Waals surface area contributed by atoms with Crippen molar-refractivity contribution in [3.05, 3.63) is 24.3 Å². The van der Waals surface area contributed by atoms with Gasteiger partial charge in [-0.25, -0.2) is 9.97 Å². The lowest BCUT2D eigenvalue weighted by atomic mass is 10.2. The normalized spacial score (nSPS) is 17.1. The van der Waals surface area contributed by atoms with Crippen LogP contribution in [0.1, 0.15) is 23.2 Å². The van der Waals surface area contributed by atoms with Crippen molar-refractivity contribution >= 4 is 5.91 Å². The molecule has 1 saturated heterocycles. The Hall–Kier alpha value is -1.53. The molecular formula is C14H23N5O. The van der Waals surface area contributed by atoms with E-state index in [9.17, 15) is 4.79 Å². The minimum Gasteiger partial charge on any atom is -0.352 e. The number of hydrogen-bond acceptors (Lipinski definition) is 5. The van der Waals surface area contributed by atoms with Gasteiger partial charge in [-0.1, -0.05) is 0 Å². The minimum atomic E-state index is -0.0924. The highest BCUT2D eigenvalue weighted by atomic mass is 16.1. The number of rotatable bonds is 6. The number of unbranched alkanes of at least 4 members (excludes halogenated alkanes) is 1. The van der Waals surface area contributed by atoms with Crippen LogP contribution >= 0.6 is 0 Å². The fourth-order valence-electron chi connectivity index (χ4n) is 2.25. The molecule has 6 nitrogen and oxygen atoms in total. The lowest BCUT2D eigenvalue weighted by Gasteiger charge is -2.32. The van der Waals surface area contributed by atoms with Crippen LogP contribution in [0.3, 0.4) is 0 Å². The van der Waals surface area contributed by atoms with Crippen LogP contribution in [0.15, 0.2) is 18.7 Å². The molecule has 1 aliphatic heterocycles. The molecule has 0 bridgehead atoms. The first kappa shape index (κ1) is 14.9. The highest BCUT2D eigenvalue weighted by Crippen LogP contribution is 2.01. The molecule has 1 aliphatic rings. The zero-order valence-electron chi connectivity index (χ0n) is 12.1. The van der Waals surface area contributed by atoms with Gasteiger partial charge >= 0.3 is 0 Å². The summed E-state index contributed by atoms with van der Waals surface area (Å²) in [6.45, 7) is 6.46. The van der Waals surface area contributed by atoms with Gasteiger partial charge in [0.15, 0.2) is 0 Å². The molecule has 6 heteroatoms. The van der Waals surface area contributed by atoms with E-state index in [0.29, 0.717) is 12.1 Å². The highest BCUT2D eigenvalue weighted by molar-refractivity contribution is 5.93. The summed E-state index contributed by atoms with van der Waals surface area (Å²) in [5, 5.41) is 2.90. The van der Waals surface area contributed by atoms with E-state index in [1.807, 2.05) is 0 Å². The van der Waals surface area contributed by atoms with Crippen LogP contribution in [0.5, 0.6) is 0 Å². The lowest BCUT2D eigenvalue weighted by Crippen LogP contribution is -2.44. The van der Waals surface area contributed by atoms with Gasteiger partial charge < -0.3 is 15.1 Å². The summed E-state index contributed by atoms with van der Waals surface area (Å²) in [5.41, 5.74) is 0.520. The number of piperazine rings is 1. The predicted molar refractivity (Wildman–Crippen MR) is 77.5 cm³/mol. The van der Waals surface area contributed by atoms with Crippen molar-refractivity contribution in [1.29, 1.82) is 0 Å². The molecule has 1 fully saturated rings. The summed E-state index contributed by atoms with van der Waals surface area (Å²) in [6.07, 6.45) is 6.62. The van der Waals surface area contributed by atoms with Gasteiger partial charge in [-0.2, -0.15) is 0 Å². The molecule has 1 aromatic rings. The van der Waals surface area contributed by atoms with Gasteiger partial charge in [0, 0.05) is 45.1 Å². The Kier molecular flexibility index (Phi) is 5.88. The van der Waals surface area contributed by atoms with Crippen LogP contribution < -0.4 is 5.32 Å². The molecule has 1 N–H and O–H groups in total. The second-order valence-corrected chi connectivity index (χ2v) is 5.24. The van der Waals surface area contributed by atoms with Gasteiger partial charge in [-0.15, -0.1) is 0 Å². The molecule has 0 saturated carbocycles. The lowest BCUT2D eigenvalue weighted by molar-refractivity contribution is 0.0951. The second kappa shape index (κ2) is 7.91. The largest absolute Gasteiger partial charge is 0.352 e. The van der Waals surface area contributed by atoms with Crippen LogP contribution in [-0.2, 0) is 0 Å². The Bertz CT molecular complexity index is 403. The molecule has 2 heterocycles. The first-order valence-electron chi connectivity index (χ1n) is 7.20. The van der Waals surface area contributed by atoms with E-state index in [4.69, 9.17) is 0 Å². The van der Waals surface area contributed by atoms with Crippen LogP contribution in [0, 0.1) is 0 Å². The summed E-state index contributed by atoms with van der Waals surface area (Å²) >= 11 is 0. The molecule has 20 heavy (non-hydrogen) atoms. The summed E-state index contributed by atoms with van der Waals surface area (Å²) in [5.74, 6) is -0.0924. The molecule has 110 valence electrons. The quantitative estimate of drug-likeness (QED) is 0.755. The van der Waals surface area contributed by atoms with E-state index in [-0.39, 0.29) is 5.91 Å². The maximum absolute atomic E-state index is 11.7. The molecule has 2 rings (SSSR count). The third-order valence-electron chi connectivity index (χ3n) is 3.61. The summed E-state index contributed by atoms with van der Waals surface area (Å²) < 4.78 is 0. The first-order valence-corrected chi connectivity index (χ1v) is 7.20. The molecule has 0 spiro atoms. The van der Waals surface area contributed by atoms with Crippen molar-refractivity contribution in [2.45, 2.75) is 12.8 Å². The van der Waals surface area contributed by atoms with Crippen molar-refractivity contribution in [2.75, 3.05) is 46.3 Å². The number of nitrogens with one attached hydrogen (secondary N) is 1. The maximum atomic E-state index is 11.7. The topological polar surface area (TPSA) is 61.4 Å². The van der Waals surface area contributed by atoms with Gasteiger partial charge in [0.2, 0.25) is 0 Å². The Balaban J connectivity index is 1.55. The average Bonchev–Trinajstić information content (AvgIpc) is 2.49. The third kappa shape index (κ3) is 4.86. The van der Waals surface area contributed by atoms with Crippen LogP contribution in [0.25, 0.3) is 0 Å². The van der Waals surface area contributed by atoms with E-state index >= 15 is 0 Å². The Morgan fingerprint density at radius 3 is 2.60 bits per heavy atom. The Labute approximate surface area is 120 Å². The number of aromatic nitrogens is 2. The van der Waals surface area contributed by atoms with Crippen molar-refractivity contribution < 1.29 is 4.79 Å². The van der Waals surface area contributed by atoms with Crippen LogP contribution in [0.2, 0.25) is 0 Å². The smallest absolute Gasteiger partial charge is 0.254 e. The Morgan fingerprint density at radius 2 is 1.90 bits per heavy atom. The van der Waals surface area contributed by atoms with Crippen molar-refractivity contribution in [2.24, 2.45) is 0 Å². The fraction of sp³-hybridized carbons (Fsp3) is 0.643. The monoisotopic (exact) mass is 277 g/mol. The highest BCUT2D eigenvalue weighted by Gasteiger charge is 2.12. The van der Waals surface area contributed by atoms with Crippen molar-refractivity contribution in [3.8, 4) is 0 Å². The standard InChI is InChI=1S/C14H23N5O/c1-18-6-8-19(9-7-18)5-3-2-4-17-14(20)13-10-15-12-16-11-13/h10-12H,2-9H2,1H3,(H,17,20). The van der Waals surface area contributed by atoms with Crippen molar-refractivity contribution in [1.82, 2.24) is 25.1 Å². The molecule has 0 radical (unpaired) electrons. The van der Waals surface area contributed by atoms with E-state index in [2.05, 4.69) is 32.1 Å². The number of carbonyl (C=O) groups excluding carboxylic acids is 1.